The Labute approximate surface area is 432 Å². The number of fused-ring (bicyclic) bond motifs is 3. The van der Waals surface area contributed by atoms with Gasteiger partial charge in [-0.05, 0) is 112 Å². The summed E-state index contributed by atoms with van der Waals surface area (Å²) >= 11 is 1.71. The second-order valence-corrected chi connectivity index (χ2v) is 24.4. The molecule has 11 heteroatoms. The lowest BCUT2D eigenvalue weighted by Crippen LogP contribution is -2.45. The van der Waals surface area contributed by atoms with Crippen LogP contribution in [-0.4, -0.2) is 50.4 Å². The topological polar surface area (TPSA) is 113 Å². The van der Waals surface area contributed by atoms with Crippen LogP contribution in [0.15, 0.2) is 148 Å². The fourth-order valence-corrected chi connectivity index (χ4v) is 5.64. The van der Waals surface area contributed by atoms with E-state index >= 15 is 0 Å². The minimum Gasteiger partial charge on any atom is -0.486 e. The van der Waals surface area contributed by atoms with Crippen LogP contribution in [0.25, 0.3) is 11.0 Å². The van der Waals surface area contributed by atoms with Gasteiger partial charge < -0.3 is 18.4 Å². The van der Waals surface area contributed by atoms with Crippen LogP contribution in [0.4, 0.5) is 0 Å². The van der Waals surface area contributed by atoms with Crippen molar-refractivity contribution < 1.29 is 28.0 Å². The number of rotatable bonds is 0. The number of para-hydroxylation sites is 3. The van der Waals surface area contributed by atoms with Crippen LogP contribution < -0.4 is 9.47 Å². The lowest BCUT2D eigenvalue weighted by Gasteiger charge is -2.29. The van der Waals surface area contributed by atoms with Gasteiger partial charge in [0.15, 0.2) is 11.5 Å². The predicted molar refractivity (Wildman–Crippen MR) is 298 cm³/mol. The fourth-order valence-electron chi connectivity index (χ4n) is 5.19. The van der Waals surface area contributed by atoms with Gasteiger partial charge in [-0.2, -0.15) is 16.4 Å². The summed E-state index contributed by atoms with van der Waals surface area (Å²) in [4.78, 5) is 25.2. The van der Waals surface area contributed by atoms with Gasteiger partial charge in [-0.1, -0.05) is 157 Å². The third kappa shape index (κ3) is 28.5. The first-order valence-corrected chi connectivity index (χ1v) is 25.4. The summed E-state index contributed by atoms with van der Waals surface area (Å²) in [5, 5.41) is 13.2. The molecule has 0 atom stereocenters. The molecule has 0 saturated heterocycles. The molecule has 0 spiro atoms. The maximum atomic E-state index is 12.0. The Morgan fingerprint density at radius 3 is 1.32 bits per heavy atom. The molecule has 6 heterocycles. The van der Waals surface area contributed by atoms with Crippen LogP contribution in [0.5, 0.6) is 11.5 Å². The highest BCUT2D eigenvalue weighted by atomic mass is 32.1. The van der Waals surface area contributed by atoms with Crippen molar-refractivity contribution >= 4 is 34.1 Å². The maximum Gasteiger partial charge on any atom is 0.262 e. The molecule has 0 N–H and O–H groups in total. The van der Waals surface area contributed by atoms with Gasteiger partial charge in [0, 0.05) is 34.8 Å². The summed E-state index contributed by atoms with van der Waals surface area (Å²) in [6.45, 7) is 43.6. The molecule has 0 bridgehead atoms. The van der Waals surface area contributed by atoms with Gasteiger partial charge in [-0.25, -0.2) is 0 Å². The second-order valence-electron chi connectivity index (χ2n) is 23.5. The van der Waals surface area contributed by atoms with E-state index in [0.29, 0.717) is 35.2 Å². The highest BCUT2D eigenvalue weighted by molar-refractivity contribution is 7.07. The van der Waals surface area contributed by atoms with Crippen molar-refractivity contribution in [1.29, 1.82) is 0 Å². The zero-order valence-corrected chi connectivity index (χ0v) is 47.7. The number of hydrogen-bond acceptors (Lipinski definition) is 9. The quantitative estimate of drug-likeness (QED) is 0.138. The van der Waals surface area contributed by atoms with Crippen molar-refractivity contribution in [3.63, 3.8) is 0 Å². The van der Waals surface area contributed by atoms with E-state index in [1.807, 2.05) is 121 Å². The number of hydrogen-bond donors (Lipinski definition) is 0. The van der Waals surface area contributed by atoms with Crippen molar-refractivity contribution in [2.24, 2.45) is 16.7 Å². The average molecular weight is 993 g/mol. The lowest BCUT2D eigenvalue weighted by molar-refractivity contribution is 0.0507. The molecule has 0 saturated carbocycles. The summed E-state index contributed by atoms with van der Waals surface area (Å²) < 4.78 is 22.3. The molecule has 71 heavy (non-hydrogen) atoms. The molecule has 4 aromatic heterocycles. The van der Waals surface area contributed by atoms with Crippen molar-refractivity contribution in [2.75, 3.05) is 13.2 Å². The summed E-state index contributed by atoms with van der Waals surface area (Å²) in [5.41, 5.74) is 3.76. The highest BCUT2D eigenvalue weighted by Crippen LogP contribution is 2.29. The molecule has 0 fully saturated rings. The van der Waals surface area contributed by atoms with Crippen molar-refractivity contribution in [1.82, 2.24) is 19.8 Å². The van der Waals surface area contributed by atoms with Crippen molar-refractivity contribution in [2.45, 2.75) is 155 Å². The third-order valence-corrected chi connectivity index (χ3v) is 8.73. The minimum atomic E-state index is -0.465. The van der Waals surface area contributed by atoms with Crippen LogP contribution >= 0.6 is 11.3 Å². The van der Waals surface area contributed by atoms with Gasteiger partial charge in [0.05, 0.1) is 28.6 Å². The fraction of sp³-hybridized carbons (Fsp3) is 0.467. The van der Waals surface area contributed by atoms with Crippen LogP contribution in [0, 0.1) is 16.7 Å². The first-order chi connectivity index (χ1) is 32.8. The van der Waals surface area contributed by atoms with E-state index < -0.39 is 5.54 Å². The van der Waals surface area contributed by atoms with E-state index in [1.165, 1.54) is 4.90 Å². The molecule has 3 aromatic carbocycles. The van der Waals surface area contributed by atoms with E-state index in [9.17, 15) is 9.59 Å². The smallest absolute Gasteiger partial charge is 0.262 e. The Morgan fingerprint density at radius 1 is 0.549 bits per heavy atom. The molecule has 7 aromatic rings. The zero-order valence-electron chi connectivity index (χ0n) is 46.9. The number of amides is 2. The molecule has 2 aliphatic heterocycles. The summed E-state index contributed by atoms with van der Waals surface area (Å²) in [7, 11) is 0. The first-order valence-electron chi connectivity index (χ1n) is 24.4. The Balaban J connectivity index is 0.000000412. The normalized spacial score (nSPS) is 12.5. The van der Waals surface area contributed by atoms with Crippen molar-refractivity contribution in [3.05, 3.63) is 156 Å². The van der Waals surface area contributed by atoms with Crippen LogP contribution in [0.1, 0.15) is 165 Å². The van der Waals surface area contributed by atoms with Crippen LogP contribution in [0.2, 0.25) is 0 Å². The Kier molecular flexibility index (Phi) is 26.7. The number of carbonyl (C=O) groups is 2. The van der Waals surface area contributed by atoms with E-state index in [2.05, 4.69) is 128 Å². The molecule has 0 aliphatic carbocycles. The number of ether oxygens (including phenoxy) is 2. The molecule has 0 unspecified atom stereocenters. The average Bonchev–Trinajstić information content (AvgIpc) is 4.12. The van der Waals surface area contributed by atoms with Gasteiger partial charge >= 0.3 is 0 Å². The van der Waals surface area contributed by atoms with Gasteiger partial charge in [0.2, 0.25) is 0 Å². The number of aromatic nitrogens is 3. The lowest BCUT2D eigenvalue weighted by atomic mass is 9.93. The SMILES string of the molecule is CC(C)(C)C.CC(C)(C)C.CC(C)(C)N1C(=O)c2ccccc2C1=O.CC(C)(C)c1ccon1.CC(C)(C)n1cccn1.CC(C)C.c1ccc2c(c1)OCCO2.c1ccc2occc2c1.c1ccsc1. The Hall–Kier alpha value is -5.94. The zero-order chi connectivity index (χ0) is 54.1. The largest absolute Gasteiger partial charge is 0.486 e. The van der Waals surface area contributed by atoms with Gasteiger partial charge in [-0.15, -0.1) is 0 Å². The van der Waals surface area contributed by atoms with Crippen LogP contribution in [0.3, 0.4) is 0 Å². The van der Waals surface area contributed by atoms with E-state index in [-0.39, 0.29) is 22.8 Å². The molecule has 2 aliphatic rings. The molecule has 390 valence electrons. The van der Waals surface area contributed by atoms with Gasteiger partial charge in [-0.3, -0.25) is 19.2 Å². The maximum absolute atomic E-state index is 12.0. The molecule has 2 amide bonds. The van der Waals surface area contributed by atoms with Crippen molar-refractivity contribution in [3.8, 4) is 11.5 Å². The summed E-state index contributed by atoms with van der Waals surface area (Å²) in [6.07, 6.45) is 7.07. The molecular weight excluding hydrogens is 905 g/mol. The monoisotopic (exact) mass is 993 g/mol. The number of furan rings is 1. The molecule has 10 nitrogen and oxygen atoms in total. The van der Waals surface area contributed by atoms with E-state index in [0.717, 1.165) is 34.1 Å². The number of carbonyl (C=O) groups excluding carboxylic acids is 2. The number of benzene rings is 3. The Morgan fingerprint density at radius 2 is 1.00 bits per heavy atom. The standard InChI is InChI=1S/C12H13NO2.C8H8O2.C8H6O.C7H12N2.C7H11NO.2C5H12.C4H4S.C4H10/c1-12(2,3)13-10(14)8-6-4-5-7-9(8)11(13)15;1-2-4-8-7(3-1)9-5-6-10-8;1-2-4-8-7(3-1)5-6-9-8;1-7(2,3)9-6-4-5-8-9;1-7(2,3)6-4-5-9-8-6;2*1-5(2,3)4;1-2-4-5-3-1;1-4(2)3/h4-7H,1-3H3;1-4H,5-6H2;1-6H;4-6H,1-3H3;4-5H,1-3H3;2*1-4H3;1-4H;4H,1-3H3. The number of nitrogens with zero attached hydrogens (tertiary/aromatic N) is 4. The summed E-state index contributed by atoms with van der Waals surface area (Å²) in [6, 6.07) is 32.4. The number of imide groups is 1. The molecule has 0 radical (unpaired) electrons. The molecular formula is C60H88N4O6S. The predicted octanol–water partition coefficient (Wildman–Crippen LogP) is 17.1. The summed E-state index contributed by atoms with van der Waals surface area (Å²) in [5.74, 6) is 2.16. The first kappa shape index (κ1) is 63.1. The van der Waals surface area contributed by atoms with Crippen LogP contribution in [-0.2, 0) is 11.0 Å². The van der Waals surface area contributed by atoms with E-state index in [1.54, 1.807) is 54.3 Å². The minimum absolute atomic E-state index is 0.118. The molecule has 9 rings (SSSR count). The second kappa shape index (κ2) is 30.1. The Bertz CT molecular complexity index is 2270. The highest BCUT2D eigenvalue weighted by Gasteiger charge is 2.41. The van der Waals surface area contributed by atoms with Gasteiger partial charge in [0.1, 0.15) is 25.1 Å². The third-order valence-electron chi connectivity index (χ3n) is 8.10. The van der Waals surface area contributed by atoms with E-state index in [4.69, 9.17) is 18.4 Å². The number of thiophene rings is 1. The van der Waals surface area contributed by atoms with Gasteiger partial charge in [0.25, 0.3) is 11.8 Å².